The molecular formula is C18H17ClN2O2S. The highest BCUT2D eigenvalue weighted by atomic mass is 35.5. The summed E-state index contributed by atoms with van der Waals surface area (Å²) in [6.45, 7) is 2.66. The third-order valence-corrected chi connectivity index (χ3v) is 4.42. The van der Waals surface area contributed by atoms with Crippen LogP contribution in [0.2, 0.25) is 5.02 Å². The van der Waals surface area contributed by atoms with Gasteiger partial charge in [0.05, 0.1) is 6.61 Å². The van der Waals surface area contributed by atoms with Gasteiger partial charge in [0.2, 0.25) is 5.89 Å². The van der Waals surface area contributed by atoms with E-state index >= 15 is 0 Å². The minimum absolute atomic E-state index is 0.549. The van der Waals surface area contributed by atoms with Crippen LogP contribution in [0.25, 0.3) is 11.5 Å². The van der Waals surface area contributed by atoms with E-state index in [0.717, 1.165) is 23.5 Å². The normalized spacial score (nSPS) is 10.8. The molecule has 0 saturated heterocycles. The zero-order valence-corrected chi connectivity index (χ0v) is 14.8. The van der Waals surface area contributed by atoms with Gasteiger partial charge in [0, 0.05) is 16.3 Å². The number of nitrogens with zero attached hydrogens (tertiary/aromatic N) is 2. The molecule has 0 atom stereocenters. The Morgan fingerprint density at radius 3 is 2.75 bits per heavy atom. The first-order chi connectivity index (χ1) is 11.7. The Balaban J connectivity index is 1.43. The molecule has 0 saturated carbocycles. The number of thioether (sulfide) groups is 1. The summed E-state index contributed by atoms with van der Waals surface area (Å²) < 4.78 is 11.3. The first kappa shape index (κ1) is 16.9. The number of hydrogen-bond donors (Lipinski definition) is 0. The van der Waals surface area contributed by atoms with Gasteiger partial charge in [-0.25, -0.2) is 0 Å². The van der Waals surface area contributed by atoms with Crippen molar-refractivity contribution in [1.82, 2.24) is 10.2 Å². The van der Waals surface area contributed by atoms with Crippen molar-refractivity contribution in [2.75, 3.05) is 12.4 Å². The molecule has 0 N–H and O–H groups in total. The quantitative estimate of drug-likeness (QED) is 0.425. The Morgan fingerprint density at radius 1 is 1.12 bits per heavy atom. The maximum atomic E-state index is 5.91. The fraction of sp³-hybridized carbons (Fsp3) is 0.222. The summed E-state index contributed by atoms with van der Waals surface area (Å²) >= 11 is 7.45. The number of aryl methyl sites for hydroxylation is 1. The van der Waals surface area contributed by atoms with E-state index in [2.05, 4.69) is 10.2 Å². The summed E-state index contributed by atoms with van der Waals surface area (Å²) in [7, 11) is 0. The third kappa shape index (κ3) is 4.76. The average Bonchev–Trinajstić information content (AvgIpc) is 3.04. The van der Waals surface area contributed by atoms with Crippen molar-refractivity contribution in [1.29, 1.82) is 0 Å². The predicted molar refractivity (Wildman–Crippen MR) is 96.8 cm³/mol. The molecule has 2 aromatic carbocycles. The molecule has 3 aromatic rings. The van der Waals surface area contributed by atoms with E-state index in [9.17, 15) is 0 Å². The molecule has 24 heavy (non-hydrogen) atoms. The number of aromatic nitrogens is 2. The Morgan fingerprint density at radius 2 is 1.96 bits per heavy atom. The maximum absolute atomic E-state index is 5.91. The first-order valence-corrected chi connectivity index (χ1v) is 8.99. The molecule has 4 nitrogen and oxygen atoms in total. The summed E-state index contributed by atoms with van der Waals surface area (Å²) in [6.07, 6.45) is 0.874. The van der Waals surface area contributed by atoms with Crippen LogP contribution in [0.3, 0.4) is 0 Å². The van der Waals surface area contributed by atoms with Crippen molar-refractivity contribution in [3.05, 3.63) is 59.1 Å². The fourth-order valence-electron chi connectivity index (χ4n) is 2.05. The summed E-state index contributed by atoms with van der Waals surface area (Å²) in [5.41, 5.74) is 2.14. The standard InChI is InChI=1S/C18H17ClN2O2S/c1-13-6-8-14(9-7-13)17-20-21-18(23-17)24-11-3-10-22-16-5-2-4-15(19)12-16/h2,4-9,12H,3,10-11H2,1H3. The molecule has 0 spiro atoms. The molecule has 0 aliphatic heterocycles. The van der Waals surface area contributed by atoms with Crippen LogP contribution in [-0.2, 0) is 0 Å². The molecule has 1 aromatic heterocycles. The summed E-state index contributed by atoms with van der Waals surface area (Å²) in [4.78, 5) is 0. The molecule has 124 valence electrons. The smallest absolute Gasteiger partial charge is 0.276 e. The van der Waals surface area contributed by atoms with Crippen molar-refractivity contribution >= 4 is 23.4 Å². The second kappa shape index (κ2) is 8.22. The van der Waals surface area contributed by atoms with Gasteiger partial charge in [0.1, 0.15) is 5.75 Å². The van der Waals surface area contributed by atoms with Gasteiger partial charge >= 0.3 is 0 Å². The highest BCUT2D eigenvalue weighted by Gasteiger charge is 2.08. The molecule has 1 heterocycles. The second-order valence-corrected chi connectivity index (χ2v) is 6.73. The zero-order valence-electron chi connectivity index (χ0n) is 13.2. The molecule has 0 amide bonds. The highest BCUT2D eigenvalue weighted by molar-refractivity contribution is 7.99. The number of ether oxygens (including phenoxy) is 1. The molecule has 0 unspecified atom stereocenters. The van der Waals surface area contributed by atoms with Crippen LogP contribution in [0.15, 0.2) is 58.2 Å². The molecule has 0 fully saturated rings. The molecule has 3 rings (SSSR count). The number of rotatable bonds is 7. The van der Waals surface area contributed by atoms with Gasteiger partial charge in [-0.15, -0.1) is 10.2 Å². The Kier molecular flexibility index (Phi) is 5.77. The summed E-state index contributed by atoms with van der Waals surface area (Å²) in [5.74, 6) is 2.18. The fourth-order valence-corrected chi connectivity index (χ4v) is 2.90. The summed E-state index contributed by atoms with van der Waals surface area (Å²) in [6, 6.07) is 15.4. The van der Waals surface area contributed by atoms with Crippen molar-refractivity contribution in [2.24, 2.45) is 0 Å². The van der Waals surface area contributed by atoms with Gasteiger partial charge in [-0.1, -0.05) is 47.1 Å². The van der Waals surface area contributed by atoms with Gasteiger partial charge in [0.25, 0.3) is 5.22 Å². The van der Waals surface area contributed by atoms with Crippen molar-refractivity contribution in [2.45, 2.75) is 18.6 Å². The molecule has 0 bridgehead atoms. The van der Waals surface area contributed by atoms with Crippen LogP contribution >= 0.6 is 23.4 Å². The van der Waals surface area contributed by atoms with E-state index in [4.69, 9.17) is 20.8 Å². The molecule has 0 aliphatic carbocycles. The van der Waals surface area contributed by atoms with Crippen LogP contribution in [0.1, 0.15) is 12.0 Å². The second-order valence-electron chi connectivity index (χ2n) is 5.25. The molecule has 6 heteroatoms. The van der Waals surface area contributed by atoms with E-state index in [0.29, 0.717) is 22.7 Å². The van der Waals surface area contributed by atoms with Gasteiger partial charge < -0.3 is 9.15 Å². The Hall–Kier alpha value is -1.98. The summed E-state index contributed by atoms with van der Waals surface area (Å²) in [5, 5.41) is 9.41. The van der Waals surface area contributed by atoms with E-state index < -0.39 is 0 Å². The SMILES string of the molecule is Cc1ccc(-c2nnc(SCCCOc3cccc(Cl)c3)o2)cc1. The Bertz CT molecular complexity index is 790. The zero-order chi connectivity index (χ0) is 16.8. The lowest BCUT2D eigenvalue weighted by Crippen LogP contribution is -1.98. The van der Waals surface area contributed by atoms with Gasteiger partial charge in [-0.2, -0.15) is 0 Å². The predicted octanol–water partition coefficient (Wildman–Crippen LogP) is 5.26. The molecular weight excluding hydrogens is 344 g/mol. The van der Waals surface area contributed by atoms with Gasteiger partial charge in [0.15, 0.2) is 0 Å². The minimum atomic E-state index is 0.549. The lowest BCUT2D eigenvalue weighted by molar-refractivity contribution is 0.318. The largest absolute Gasteiger partial charge is 0.494 e. The minimum Gasteiger partial charge on any atom is -0.494 e. The third-order valence-electron chi connectivity index (χ3n) is 3.28. The van der Waals surface area contributed by atoms with Crippen LogP contribution in [0.4, 0.5) is 0 Å². The lowest BCUT2D eigenvalue weighted by Gasteiger charge is -2.05. The van der Waals surface area contributed by atoms with Crippen molar-refractivity contribution in [3.63, 3.8) is 0 Å². The Labute approximate surface area is 150 Å². The lowest BCUT2D eigenvalue weighted by atomic mass is 10.1. The highest BCUT2D eigenvalue weighted by Crippen LogP contribution is 2.24. The topological polar surface area (TPSA) is 48.2 Å². The first-order valence-electron chi connectivity index (χ1n) is 7.62. The maximum Gasteiger partial charge on any atom is 0.276 e. The average molecular weight is 361 g/mol. The van der Waals surface area contributed by atoms with Crippen LogP contribution < -0.4 is 4.74 Å². The number of hydrogen-bond acceptors (Lipinski definition) is 5. The van der Waals surface area contributed by atoms with Crippen LogP contribution in [-0.4, -0.2) is 22.6 Å². The van der Waals surface area contributed by atoms with E-state index in [1.165, 1.54) is 17.3 Å². The molecule has 0 radical (unpaired) electrons. The van der Waals surface area contributed by atoms with Crippen LogP contribution in [0, 0.1) is 6.92 Å². The van der Waals surface area contributed by atoms with E-state index in [-0.39, 0.29) is 0 Å². The van der Waals surface area contributed by atoms with Crippen molar-refractivity contribution in [3.8, 4) is 17.2 Å². The molecule has 0 aliphatic rings. The van der Waals surface area contributed by atoms with E-state index in [1.54, 1.807) is 6.07 Å². The number of halogens is 1. The van der Waals surface area contributed by atoms with Crippen LogP contribution in [0.5, 0.6) is 5.75 Å². The van der Waals surface area contributed by atoms with Crippen molar-refractivity contribution < 1.29 is 9.15 Å². The van der Waals surface area contributed by atoms with Gasteiger partial charge in [-0.3, -0.25) is 0 Å². The van der Waals surface area contributed by atoms with Gasteiger partial charge in [-0.05, 0) is 43.7 Å². The number of benzene rings is 2. The monoisotopic (exact) mass is 360 g/mol. The van der Waals surface area contributed by atoms with E-state index in [1.807, 2.05) is 49.4 Å².